The van der Waals surface area contributed by atoms with Crippen LogP contribution in [0.25, 0.3) is 0 Å². The maximum absolute atomic E-state index is 3.91. The van der Waals surface area contributed by atoms with Gasteiger partial charge in [0.1, 0.15) is 0 Å². The number of nitrogens with zero attached hydrogens (tertiary/aromatic N) is 1. The molecule has 0 aromatic carbocycles. The lowest BCUT2D eigenvalue weighted by molar-refractivity contribution is 1.05. The number of nitrogens with one attached hydrogen (secondary N) is 1. The second kappa shape index (κ2) is 3.24. The molecule has 0 aliphatic carbocycles. The van der Waals surface area contributed by atoms with E-state index in [0.717, 1.165) is 11.4 Å². The van der Waals surface area contributed by atoms with Crippen LogP contribution in [0.2, 0.25) is 0 Å². The van der Waals surface area contributed by atoms with Crippen molar-refractivity contribution in [1.29, 1.82) is 0 Å². The van der Waals surface area contributed by atoms with Crippen LogP contribution in [-0.4, -0.2) is 19.8 Å². The van der Waals surface area contributed by atoms with Gasteiger partial charge < -0.3 is 5.32 Å². The van der Waals surface area contributed by atoms with Crippen molar-refractivity contribution < 1.29 is 0 Å². The van der Waals surface area contributed by atoms with Gasteiger partial charge in [-0.15, -0.1) is 0 Å². The zero-order valence-electron chi connectivity index (χ0n) is 5.65. The predicted molar refractivity (Wildman–Crippen MR) is 37.2 cm³/mol. The first-order valence-corrected chi connectivity index (χ1v) is 2.52. The summed E-state index contributed by atoms with van der Waals surface area (Å²) in [5.74, 6) is 0. The van der Waals surface area contributed by atoms with E-state index in [2.05, 4.69) is 16.9 Å². The fraction of sp³-hybridized carbons (Fsp3) is 0.500. The maximum Gasteiger partial charge on any atom is 0.0538 e. The molecule has 46 valence electrons. The highest BCUT2D eigenvalue weighted by molar-refractivity contribution is 5.96. The Bertz CT molecular complexity index is 114. The first kappa shape index (κ1) is 7.21. The Morgan fingerprint density at radius 3 is 2.25 bits per heavy atom. The van der Waals surface area contributed by atoms with E-state index in [1.165, 1.54) is 0 Å². The standard InChI is InChI=1S/C6H12N2/c1-5(7-3)6(2)8-4/h7H,1H2,2-4H3/b8-6-. The van der Waals surface area contributed by atoms with Crippen LogP contribution in [0.5, 0.6) is 0 Å². The average molecular weight is 112 g/mol. The number of rotatable bonds is 2. The molecule has 8 heavy (non-hydrogen) atoms. The van der Waals surface area contributed by atoms with Crippen LogP contribution in [0.3, 0.4) is 0 Å². The molecular formula is C6H12N2. The minimum atomic E-state index is 0.882. The molecule has 0 saturated carbocycles. The molecule has 0 rings (SSSR count). The zero-order chi connectivity index (χ0) is 6.57. The first-order chi connectivity index (χ1) is 3.72. The molecule has 0 bridgehead atoms. The summed E-state index contributed by atoms with van der Waals surface area (Å²) in [5, 5.41) is 2.89. The summed E-state index contributed by atoms with van der Waals surface area (Å²) in [4.78, 5) is 3.91. The van der Waals surface area contributed by atoms with Gasteiger partial charge in [-0.05, 0) is 6.92 Å². The number of hydrogen-bond acceptors (Lipinski definition) is 2. The Balaban J connectivity index is 3.83. The minimum Gasteiger partial charge on any atom is -0.387 e. The van der Waals surface area contributed by atoms with Gasteiger partial charge in [0.05, 0.1) is 5.71 Å². The third kappa shape index (κ3) is 1.78. The van der Waals surface area contributed by atoms with Gasteiger partial charge in [0, 0.05) is 19.8 Å². The van der Waals surface area contributed by atoms with E-state index in [1.807, 2.05) is 14.0 Å². The molecule has 0 amide bonds. The smallest absolute Gasteiger partial charge is 0.0538 e. The Hall–Kier alpha value is -0.790. The highest BCUT2D eigenvalue weighted by Gasteiger charge is 1.89. The van der Waals surface area contributed by atoms with E-state index in [9.17, 15) is 0 Å². The van der Waals surface area contributed by atoms with Crippen molar-refractivity contribution >= 4 is 5.71 Å². The van der Waals surface area contributed by atoms with E-state index in [4.69, 9.17) is 0 Å². The Labute approximate surface area is 50.3 Å². The lowest BCUT2D eigenvalue weighted by atomic mass is 10.3. The molecule has 0 unspecified atom stereocenters. The molecule has 0 atom stereocenters. The maximum atomic E-state index is 3.91. The summed E-state index contributed by atoms with van der Waals surface area (Å²) in [5.41, 5.74) is 1.83. The van der Waals surface area contributed by atoms with Gasteiger partial charge in [0.15, 0.2) is 0 Å². The van der Waals surface area contributed by atoms with Crippen molar-refractivity contribution in [3.05, 3.63) is 12.3 Å². The lowest BCUT2D eigenvalue weighted by Gasteiger charge is -2.00. The van der Waals surface area contributed by atoms with E-state index >= 15 is 0 Å². The fourth-order valence-corrected chi connectivity index (χ4v) is 0.316. The van der Waals surface area contributed by atoms with Gasteiger partial charge in [-0.3, -0.25) is 4.99 Å². The molecular weight excluding hydrogens is 100 g/mol. The van der Waals surface area contributed by atoms with Gasteiger partial charge in [0.25, 0.3) is 0 Å². The number of hydrogen-bond donors (Lipinski definition) is 1. The largest absolute Gasteiger partial charge is 0.387 e. The molecule has 0 aromatic rings. The summed E-state index contributed by atoms with van der Waals surface area (Å²) in [7, 11) is 3.58. The number of allylic oxidation sites excluding steroid dienone is 1. The van der Waals surface area contributed by atoms with Crippen molar-refractivity contribution in [2.24, 2.45) is 4.99 Å². The van der Waals surface area contributed by atoms with Crippen molar-refractivity contribution in [3.63, 3.8) is 0 Å². The molecule has 0 aliphatic rings. The third-order valence-electron chi connectivity index (χ3n) is 1.07. The molecule has 0 radical (unpaired) electrons. The van der Waals surface area contributed by atoms with Crippen molar-refractivity contribution in [2.45, 2.75) is 6.92 Å². The van der Waals surface area contributed by atoms with E-state index < -0.39 is 0 Å². The van der Waals surface area contributed by atoms with E-state index in [1.54, 1.807) is 7.05 Å². The third-order valence-corrected chi connectivity index (χ3v) is 1.07. The molecule has 0 spiro atoms. The van der Waals surface area contributed by atoms with Crippen LogP contribution in [0, 0.1) is 0 Å². The zero-order valence-corrected chi connectivity index (χ0v) is 5.65. The van der Waals surface area contributed by atoms with Crippen LogP contribution in [0.4, 0.5) is 0 Å². The van der Waals surface area contributed by atoms with E-state index in [-0.39, 0.29) is 0 Å². The van der Waals surface area contributed by atoms with Gasteiger partial charge in [-0.2, -0.15) is 0 Å². The second-order valence-corrected chi connectivity index (χ2v) is 1.54. The molecule has 2 heteroatoms. The van der Waals surface area contributed by atoms with Crippen LogP contribution in [-0.2, 0) is 0 Å². The Morgan fingerprint density at radius 2 is 2.12 bits per heavy atom. The topological polar surface area (TPSA) is 24.4 Å². The van der Waals surface area contributed by atoms with Crippen molar-refractivity contribution in [3.8, 4) is 0 Å². The Kier molecular flexibility index (Phi) is 2.92. The highest BCUT2D eigenvalue weighted by atomic mass is 14.9. The summed E-state index contributed by atoms with van der Waals surface area (Å²) < 4.78 is 0. The monoisotopic (exact) mass is 112 g/mol. The SMILES string of the molecule is C=C(NC)/C(C)=N\C. The van der Waals surface area contributed by atoms with Crippen LogP contribution >= 0.6 is 0 Å². The van der Waals surface area contributed by atoms with Crippen molar-refractivity contribution in [1.82, 2.24) is 5.32 Å². The molecule has 0 heterocycles. The molecule has 0 aliphatic heterocycles. The van der Waals surface area contributed by atoms with Crippen molar-refractivity contribution in [2.75, 3.05) is 14.1 Å². The normalized spacial score (nSPS) is 11.1. The minimum absolute atomic E-state index is 0.882. The van der Waals surface area contributed by atoms with Gasteiger partial charge >= 0.3 is 0 Å². The van der Waals surface area contributed by atoms with Crippen LogP contribution < -0.4 is 5.32 Å². The fourth-order valence-electron chi connectivity index (χ4n) is 0.316. The summed E-state index contributed by atoms with van der Waals surface area (Å²) in [6.45, 7) is 5.62. The van der Waals surface area contributed by atoms with E-state index in [0.29, 0.717) is 0 Å². The number of aliphatic imine (C=N–C) groups is 1. The van der Waals surface area contributed by atoms with Crippen LogP contribution in [0.1, 0.15) is 6.92 Å². The average Bonchev–Trinajstić information content (AvgIpc) is 1.84. The van der Waals surface area contributed by atoms with Gasteiger partial charge in [-0.25, -0.2) is 0 Å². The highest BCUT2D eigenvalue weighted by Crippen LogP contribution is 1.85. The molecule has 0 fully saturated rings. The Morgan fingerprint density at radius 1 is 1.62 bits per heavy atom. The summed E-state index contributed by atoms with van der Waals surface area (Å²) in [6.07, 6.45) is 0. The van der Waals surface area contributed by atoms with Gasteiger partial charge in [0.2, 0.25) is 0 Å². The molecule has 1 N–H and O–H groups in total. The predicted octanol–water partition coefficient (Wildman–Crippen LogP) is 0.810. The molecule has 0 saturated heterocycles. The summed E-state index contributed by atoms with van der Waals surface area (Å²) >= 11 is 0. The second-order valence-electron chi connectivity index (χ2n) is 1.54. The quantitative estimate of drug-likeness (QED) is 0.525. The van der Waals surface area contributed by atoms with Crippen LogP contribution in [0.15, 0.2) is 17.3 Å². The first-order valence-electron chi connectivity index (χ1n) is 2.52. The van der Waals surface area contributed by atoms with Gasteiger partial charge in [-0.1, -0.05) is 6.58 Å². The molecule has 2 nitrogen and oxygen atoms in total. The summed E-state index contributed by atoms with van der Waals surface area (Å²) in [6, 6.07) is 0. The molecule has 0 aromatic heterocycles. The lowest BCUT2D eigenvalue weighted by Crippen LogP contribution is -2.11.